The number of halogens is 1. The van der Waals surface area contributed by atoms with E-state index in [9.17, 15) is 4.79 Å². The SMILES string of the molecule is Cc1n[nH]c(=O)nc1NN=Cc1ccc(OCc2ccc(Br)cc2)cc1. The number of aromatic nitrogens is 3. The molecule has 1 heterocycles. The normalized spacial score (nSPS) is 10.8. The van der Waals surface area contributed by atoms with E-state index in [1.54, 1.807) is 13.1 Å². The summed E-state index contributed by atoms with van der Waals surface area (Å²) in [5, 5.41) is 10.1. The zero-order valence-electron chi connectivity index (χ0n) is 13.9. The Balaban J connectivity index is 1.56. The van der Waals surface area contributed by atoms with Crippen molar-refractivity contribution in [3.05, 3.63) is 80.3 Å². The number of hydrogen-bond acceptors (Lipinski definition) is 6. The summed E-state index contributed by atoms with van der Waals surface area (Å²) in [5.41, 5.74) is 4.71. The van der Waals surface area contributed by atoms with Crippen molar-refractivity contribution < 1.29 is 4.74 Å². The topological polar surface area (TPSA) is 92.3 Å². The first kappa shape index (κ1) is 17.8. The van der Waals surface area contributed by atoms with Crippen LogP contribution in [0.5, 0.6) is 5.75 Å². The molecule has 0 aliphatic heterocycles. The molecule has 2 aromatic carbocycles. The van der Waals surface area contributed by atoms with Gasteiger partial charge in [-0.1, -0.05) is 28.1 Å². The number of ether oxygens (including phenoxy) is 1. The summed E-state index contributed by atoms with van der Waals surface area (Å²) in [6, 6.07) is 15.5. The van der Waals surface area contributed by atoms with Gasteiger partial charge >= 0.3 is 5.69 Å². The van der Waals surface area contributed by atoms with Crippen LogP contribution in [0.1, 0.15) is 16.8 Å². The van der Waals surface area contributed by atoms with Crippen LogP contribution in [0.25, 0.3) is 0 Å². The van der Waals surface area contributed by atoms with E-state index in [-0.39, 0.29) is 0 Å². The number of anilines is 1. The Morgan fingerprint density at radius 3 is 2.65 bits per heavy atom. The molecule has 3 aromatic rings. The predicted molar refractivity (Wildman–Crippen MR) is 104 cm³/mol. The van der Waals surface area contributed by atoms with Crippen molar-refractivity contribution in [2.45, 2.75) is 13.5 Å². The maximum absolute atomic E-state index is 11.2. The Bertz CT molecular complexity index is 953. The minimum absolute atomic E-state index is 0.319. The van der Waals surface area contributed by atoms with Crippen molar-refractivity contribution in [2.75, 3.05) is 5.43 Å². The highest BCUT2D eigenvalue weighted by atomic mass is 79.9. The average molecular weight is 414 g/mol. The fraction of sp³-hybridized carbons (Fsp3) is 0.111. The van der Waals surface area contributed by atoms with E-state index in [0.29, 0.717) is 18.1 Å². The van der Waals surface area contributed by atoms with Gasteiger partial charge in [-0.2, -0.15) is 15.2 Å². The van der Waals surface area contributed by atoms with Crippen LogP contribution in [0, 0.1) is 6.92 Å². The van der Waals surface area contributed by atoms with E-state index >= 15 is 0 Å². The van der Waals surface area contributed by atoms with Crippen molar-refractivity contribution in [3.63, 3.8) is 0 Å². The monoisotopic (exact) mass is 413 g/mol. The van der Waals surface area contributed by atoms with Crippen LogP contribution in [-0.2, 0) is 6.61 Å². The van der Waals surface area contributed by atoms with E-state index < -0.39 is 5.69 Å². The number of benzene rings is 2. The van der Waals surface area contributed by atoms with Gasteiger partial charge in [-0.25, -0.2) is 9.89 Å². The van der Waals surface area contributed by atoms with Gasteiger partial charge in [-0.15, -0.1) is 0 Å². The van der Waals surface area contributed by atoms with Crippen molar-refractivity contribution in [1.29, 1.82) is 0 Å². The van der Waals surface area contributed by atoms with Crippen LogP contribution in [0.2, 0.25) is 0 Å². The van der Waals surface area contributed by atoms with E-state index in [4.69, 9.17) is 4.74 Å². The molecule has 0 fully saturated rings. The molecule has 0 unspecified atom stereocenters. The molecule has 2 N–H and O–H groups in total. The second-order valence-corrected chi connectivity index (χ2v) is 6.34. The van der Waals surface area contributed by atoms with E-state index in [0.717, 1.165) is 21.3 Å². The lowest BCUT2D eigenvalue weighted by atomic mass is 10.2. The lowest BCUT2D eigenvalue weighted by Gasteiger charge is -2.06. The summed E-state index contributed by atoms with van der Waals surface area (Å²) >= 11 is 3.41. The van der Waals surface area contributed by atoms with Crippen LogP contribution in [0.15, 0.2) is 62.9 Å². The maximum Gasteiger partial charge on any atom is 0.363 e. The maximum atomic E-state index is 11.2. The number of rotatable bonds is 6. The summed E-state index contributed by atoms with van der Waals surface area (Å²) in [4.78, 5) is 14.9. The third-order valence-electron chi connectivity index (χ3n) is 3.46. The Morgan fingerprint density at radius 1 is 1.19 bits per heavy atom. The summed E-state index contributed by atoms with van der Waals surface area (Å²) in [6.07, 6.45) is 1.63. The zero-order chi connectivity index (χ0) is 18.4. The third-order valence-corrected chi connectivity index (χ3v) is 3.99. The fourth-order valence-corrected chi connectivity index (χ4v) is 2.33. The molecule has 0 saturated heterocycles. The molecule has 0 bridgehead atoms. The average Bonchev–Trinajstić information content (AvgIpc) is 2.65. The molecule has 0 saturated carbocycles. The Labute approximate surface area is 158 Å². The molecular weight excluding hydrogens is 398 g/mol. The minimum Gasteiger partial charge on any atom is -0.489 e. The number of nitrogens with zero attached hydrogens (tertiary/aromatic N) is 3. The Hall–Kier alpha value is -3.00. The fourth-order valence-electron chi connectivity index (χ4n) is 2.06. The lowest BCUT2D eigenvalue weighted by molar-refractivity contribution is 0.306. The zero-order valence-corrected chi connectivity index (χ0v) is 15.5. The van der Waals surface area contributed by atoms with E-state index in [1.807, 2.05) is 48.5 Å². The molecular formula is C18H16BrN5O2. The predicted octanol–water partition coefficient (Wildman–Crippen LogP) is 3.26. The molecule has 3 rings (SSSR count). The molecule has 0 spiro atoms. The van der Waals surface area contributed by atoms with Gasteiger partial charge in [0, 0.05) is 4.47 Å². The second kappa shape index (κ2) is 8.39. The van der Waals surface area contributed by atoms with Gasteiger partial charge in [0.15, 0.2) is 5.82 Å². The van der Waals surface area contributed by atoms with Crippen molar-refractivity contribution in [2.24, 2.45) is 5.10 Å². The minimum atomic E-state index is -0.527. The molecule has 0 radical (unpaired) electrons. The largest absolute Gasteiger partial charge is 0.489 e. The van der Waals surface area contributed by atoms with Crippen LogP contribution >= 0.6 is 15.9 Å². The standard InChI is InChI=1S/C18H16BrN5O2/c1-12-17(21-18(25)24-22-12)23-20-10-13-4-8-16(9-5-13)26-11-14-2-6-15(19)7-3-14/h2-10H,11H2,1H3,(H2,21,23,24,25). The molecule has 26 heavy (non-hydrogen) atoms. The third kappa shape index (κ3) is 5.00. The quantitative estimate of drug-likeness (QED) is 0.477. The molecule has 0 aliphatic rings. The Morgan fingerprint density at radius 2 is 1.92 bits per heavy atom. The first-order chi connectivity index (χ1) is 12.6. The highest BCUT2D eigenvalue weighted by molar-refractivity contribution is 9.10. The van der Waals surface area contributed by atoms with Gasteiger partial charge in [-0.3, -0.25) is 5.43 Å². The van der Waals surface area contributed by atoms with Crippen LogP contribution < -0.4 is 15.9 Å². The second-order valence-electron chi connectivity index (χ2n) is 5.43. The van der Waals surface area contributed by atoms with Crippen LogP contribution in [-0.4, -0.2) is 21.4 Å². The summed E-state index contributed by atoms with van der Waals surface area (Å²) in [5.74, 6) is 1.09. The van der Waals surface area contributed by atoms with E-state index in [2.05, 4.69) is 41.6 Å². The molecule has 8 heteroatoms. The lowest BCUT2D eigenvalue weighted by Crippen LogP contribution is -2.15. The number of aromatic amines is 1. The summed E-state index contributed by atoms with van der Waals surface area (Å²) < 4.78 is 6.80. The Kier molecular flexibility index (Phi) is 5.75. The molecule has 0 amide bonds. The van der Waals surface area contributed by atoms with Crippen molar-refractivity contribution in [1.82, 2.24) is 15.2 Å². The summed E-state index contributed by atoms with van der Waals surface area (Å²) in [7, 11) is 0. The van der Waals surface area contributed by atoms with E-state index in [1.165, 1.54) is 0 Å². The van der Waals surface area contributed by atoms with Crippen molar-refractivity contribution in [3.8, 4) is 5.75 Å². The first-order valence-electron chi connectivity index (χ1n) is 7.80. The van der Waals surface area contributed by atoms with Gasteiger partial charge in [0.25, 0.3) is 0 Å². The smallest absolute Gasteiger partial charge is 0.363 e. The number of nitrogens with one attached hydrogen (secondary N) is 2. The molecule has 7 nitrogen and oxygen atoms in total. The van der Waals surface area contributed by atoms with Gasteiger partial charge < -0.3 is 4.74 Å². The molecule has 132 valence electrons. The van der Waals surface area contributed by atoms with Gasteiger partial charge in [-0.05, 0) is 54.4 Å². The number of H-pyrrole nitrogens is 1. The first-order valence-corrected chi connectivity index (χ1v) is 8.59. The van der Waals surface area contributed by atoms with Crippen LogP contribution in [0.3, 0.4) is 0 Å². The van der Waals surface area contributed by atoms with Crippen molar-refractivity contribution >= 4 is 28.0 Å². The molecule has 0 atom stereocenters. The summed E-state index contributed by atoms with van der Waals surface area (Å²) in [6.45, 7) is 2.22. The number of hydrazone groups is 1. The van der Waals surface area contributed by atoms with Gasteiger partial charge in [0.1, 0.15) is 18.1 Å². The molecule has 0 aliphatic carbocycles. The number of aryl methyl sites for hydroxylation is 1. The number of hydrogen-bond donors (Lipinski definition) is 2. The van der Waals surface area contributed by atoms with Gasteiger partial charge in [0.2, 0.25) is 0 Å². The highest BCUT2D eigenvalue weighted by Crippen LogP contribution is 2.15. The van der Waals surface area contributed by atoms with Crippen LogP contribution in [0.4, 0.5) is 5.82 Å². The van der Waals surface area contributed by atoms with Gasteiger partial charge in [0.05, 0.1) is 6.21 Å². The highest BCUT2D eigenvalue weighted by Gasteiger charge is 2.00. The molecule has 1 aromatic heterocycles.